The molecule has 7 nitrogen and oxygen atoms in total. The van der Waals surface area contributed by atoms with Gasteiger partial charge in [0.05, 0.1) is 17.0 Å². The molecule has 0 aliphatic heterocycles. The van der Waals surface area contributed by atoms with Crippen LogP contribution in [0.15, 0.2) is 70.3 Å². The largest absolute Gasteiger partial charge is 0.338 e. The number of para-hydroxylation sites is 1. The highest BCUT2D eigenvalue weighted by atomic mass is 32.2. The zero-order valence-electron chi connectivity index (χ0n) is 17.2. The van der Waals surface area contributed by atoms with Gasteiger partial charge in [0.2, 0.25) is 5.89 Å². The summed E-state index contributed by atoms with van der Waals surface area (Å²) in [6, 6.07) is 20.4. The lowest BCUT2D eigenvalue weighted by molar-refractivity contribution is 0.387. The lowest BCUT2D eigenvalue weighted by Crippen LogP contribution is -2.01. The molecule has 31 heavy (non-hydrogen) atoms. The van der Waals surface area contributed by atoms with Crippen molar-refractivity contribution in [2.24, 2.45) is 0 Å². The molecule has 8 heteroatoms. The minimum absolute atomic E-state index is 0.547. The van der Waals surface area contributed by atoms with E-state index in [0.717, 1.165) is 45.2 Å². The maximum atomic E-state index is 5.23. The Morgan fingerprint density at radius 1 is 0.968 bits per heavy atom. The van der Waals surface area contributed by atoms with Gasteiger partial charge in [-0.2, -0.15) is 4.98 Å². The van der Waals surface area contributed by atoms with Crippen molar-refractivity contribution in [2.75, 3.05) is 0 Å². The molecular formula is C23H20N6OS. The maximum Gasteiger partial charge on any atom is 0.237 e. The molecule has 0 saturated heterocycles. The number of nitrogens with zero attached hydrogens (tertiary/aromatic N) is 6. The highest BCUT2D eigenvalue weighted by Crippen LogP contribution is 2.33. The van der Waals surface area contributed by atoms with E-state index >= 15 is 0 Å². The molecule has 0 aliphatic rings. The van der Waals surface area contributed by atoms with Gasteiger partial charge in [-0.05, 0) is 26.0 Å². The molecule has 5 rings (SSSR count). The van der Waals surface area contributed by atoms with Crippen LogP contribution in [0.1, 0.15) is 18.6 Å². The minimum Gasteiger partial charge on any atom is -0.338 e. The van der Waals surface area contributed by atoms with Crippen LogP contribution in [0.25, 0.3) is 33.5 Å². The van der Waals surface area contributed by atoms with E-state index in [2.05, 4.69) is 56.1 Å². The first-order valence-corrected chi connectivity index (χ1v) is 11.0. The van der Waals surface area contributed by atoms with Crippen molar-refractivity contribution >= 4 is 22.7 Å². The third-order valence-corrected chi connectivity index (χ3v) is 5.91. The van der Waals surface area contributed by atoms with Gasteiger partial charge in [0.25, 0.3) is 0 Å². The summed E-state index contributed by atoms with van der Waals surface area (Å²) >= 11 is 1.54. The van der Waals surface area contributed by atoms with Crippen molar-refractivity contribution < 1.29 is 4.52 Å². The van der Waals surface area contributed by atoms with E-state index in [4.69, 9.17) is 9.51 Å². The monoisotopic (exact) mass is 428 g/mol. The highest BCUT2D eigenvalue weighted by molar-refractivity contribution is 7.98. The van der Waals surface area contributed by atoms with Crippen LogP contribution in [-0.2, 0) is 12.3 Å². The van der Waals surface area contributed by atoms with Gasteiger partial charge in [-0.1, -0.05) is 65.4 Å². The molecular weight excluding hydrogens is 408 g/mol. The third kappa shape index (κ3) is 3.82. The first-order valence-electron chi connectivity index (χ1n) is 10.0. The van der Waals surface area contributed by atoms with E-state index in [9.17, 15) is 0 Å². The van der Waals surface area contributed by atoms with Gasteiger partial charge in [0.1, 0.15) is 0 Å². The summed E-state index contributed by atoms with van der Waals surface area (Å²) in [5.74, 6) is 2.58. The van der Waals surface area contributed by atoms with Crippen LogP contribution in [0.2, 0.25) is 0 Å². The van der Waals surface area contributed by atoms with Gasteiger partial charge in [0, 0.05) is 23.1 Å². The van der Waals surface area contributed by atoms with E-state index in [1.54, 1.807) is 0 Å². The van der Waals surface area contributed by atoms with Crippen LogP contribution in [0.3, 0.4) is 0 Å². The van der Waals surface area contributed by atoms with E-state index in [-0.39, 0.29) is 0 Å². The molecule has 0 aliphatic carbocycles. The maximum absolute atomic E-state index is 5.23. The first kappa shape index (κ1) is 19.4. The van der Waals surface area contributed by atoms with Crippen molar-refractivity contribution in [3.8, 4) is 22.6 Å². The topological polar surface area (TPSA) is 82.5 Å². The molecule has 5 aromatic rings. The average Bonchev–Trinajstić information content (AvgIpc) is 3.42. The number of thioether (sulfide) groups is 1. The molecule has 0 fully saturated rings. The van der Waals surface area contributed by atoms with Crippen LogP contribution in [0.4, 0.5) is 0 Å². The van der Waals surface area contributed by atoms with E-state index in [1.165, 1.54) is 11.8 Å². The Kier molecular flexibility index (Phi) is 5.21. The summed E-state index contributed by atoms with van der Waals surface area (Å²) < 4.78 is 7.34. The van der Waals surface area contributed by atoms with Gasteiger partial charge in [-0.15, -0.1) is 10.2 Å². The highest BCUT2D eigenvalue weighted by Gasteiger charge is 2.18. The molecule has 3 heterocycles. The second-order valence-electron chi connectivity index (χ2n) is 7.01. The molecule has 0 unspecified atom stereocenters. The fraction of sp³-hybridized carbons (Fsp3) is 0.174. The lowest BCUT2D eigenvalue weighted by Gasteiger charge is -2.11. The molecule has 3 aromatic heterocycles. The summed E-state index contributed by atoms with van der Waals surface area (Å²) in [6.07, 6.45) is 0. The second kappa shape index (κ2) is 8.31. The van der Waals surface area contributed by atoms with Gasteiger partial charge in [0.15, 0.2) is 16.8 Å². The summed E-state index contributed by atoms with van der Waals surface area (Å²) in [7, 11) is 0. The van der Waals surface area contributed by atoms with Gasteiger partial charge in [-0.25, -0.2) is 4.98 Å². The summed E-state index contributed by atoms with van der Waals surface area (Å²) in [5.41, 5.74) is 3.92. The Morgan fingerprint density at radius 2 is 1.77 bits per heavy atom. The number of fused-ring (bicyclic) bond motifs is 1. The van der Waals surface area contributed by atoms with Crippen LogP contribution < -0.4 is 0 Å². The van der Waals surface area contributed by atoms with Crippen molar-refractivity contribution in [3.63, 3.8) is 0 Å². The molecule has 0 bridgehead atoms. The number of pyridine rings is 1. The van der Waals surface area contributed by atoms with Crippen molar-refractivity contribution in [3.05, 3.63) is 72.4 Å². The molecule has 0 N–H and O–H groups in total. The van der Waals surface area contributed by atoms with Crippen molar-refractivity contribution in [2.45, 2.75) is 31.3 Å². The molecule has 0 atom stereocenters. The Balaban J connectivity index is 1.59. The van der Waals surface area contributed by atoms with E-state index in [1.807, 2.05) is 43.3 Å². The standard InChI is InChI=1S/C23H20N6OS/c1-3-29-22(26-27-23(29)31-14-21-24-15(2)28-30-21)18-13-20(16-9-5-4-6-10-16)25-19-12-8-7-11-17(18)19/h4-13H,3,14H2,1-2H3. The normalized spacial score (nSPS) is 11.3. The molecule has 0 amide bonds. The third-order valence-electron chi connectivity index (χ3n) is 4.95. The lowest BCUT2D eigenvalue weighted by atomic mass is 10.0. The zero-order chi connectivity index (χ0) is 21.2. The SMILES string of the molecule is CCn1c(SCc2nc(C)no2)nnc1-c1cc(-c2ccccc2)nc2ccccc12. The number of benzene rings is 2. The molecule has 154 valence electrons. The molecule has 0 saturated carbocycles. The van der Waals surface area contributed by atoms with Gasteiger partial charge >= 0.3 is 0 Å². The average molecular weight is 429 g/mol. The number of rotatable bonds is 6. The predicted molar refractivity (Wildman–Crippen MR) is 120 cm³/mol. The Morgan fingerprint density at radius 3 is 2.55 bits per heavy atom. The number of hydrogen-bond acceptors (Lipinski definition) is 7. The molecule has 0 radical (unpaired) electrons. The van der Waals surface area contributed by atoms with E-state index < -0.39 is 0 Å². The smallest absolute Gasteiger partial charge is 0.237 e. The molecule has 2 aromatic carbocycles. The van der Waals surface area contributed by atoms with Crippen LogP contribution >= 0.6 is 11.8 Å². The zero-order valence-corrected chi connectivity index (χ0v) is 18.0. The first-order chi connectivity index (χ1) is 15.2. The minimum atomic E-state index is 0.547. The predicted octanol–water partition coefficient (Wildman–Crippen LogP) is 5.16. The Hall–Kier alpha value is -3.52. The van der Waals surface area contributed by atoms with Gasteiger partial charge in [-0.3, -0.25) is 0 Å². The fourth-order valence-corrected chi connectivity index (χ4v) is 4.36. The number of aromatic nitrogens is 6. The van der Waals surface area contributed by atoms with Crippen LogP contribution in [-0.4, -0.2) is 29.9 Å². The second-order valence-corrected chi connectivity index (χ2v) is 7.96. The van der Waals surface area contributed by atoms with Crippen LogP contribution in [0.5, 0.6) is 0 Å². The van der Waals surface area contributed by atoms with Crippen LogP contribution in [0, 0.1) is 6.92 Å². The van der Waals surface area contributed by atoms with Crippen molar-refractivity contribution in [1.82, 2.24) is 29.9 Å². The van der Waals surface area contributed by atoms with E-state index in [0.29, 0.717) is 17.5 Å². The Labute approximate surface area is 183 Å². The molecule has 0 spiro atoms. The number of aryl methyl sites for hydroxylation is 1. The summed E-state index contributed by atoms with van der Waals surface area (Å²) in [4.78, 5) is 9.15. The summed E-state index contributed by atoms with van der Waals surface area (Å²) in [6.45, 7) is 4.64. The number of hydrogen-bond donors (Lipinski definition) is 0. The Bertz CT molecular complexity index is 1340. The fourth-order valence-electron chi connectivity index (χ4n) is 3.52. The van der Waals surface area contributed by atoms with Gasteiger partial charge < -0.3 is 9.09 Å². The quantitative estimate of drug-likeness (QED) is 0.345. The summed E-state index contributed by atoms with van der Waals surface area (Å²) in [5, 5.41) is 14.7. The van der Waals surface area contributed by atoms with Crippen molar-refractivity contribution in [1.29, 1.82) is 0 Å².